The molecule has 0 aromatic rings. The Balaban J connectivity index is 3.63. The van der Waals surface area contributed by atoms with Crippen molar-refractivity contribution in [2.24, 2.45) is 0 Å². The Morgan fingerprint density at radius 2 is 0.969 bits per heavy atom. The zero-order chi connectivity index (χ0) is 23.7. The molecule has 0 rings (SSSR count). The van der Waals surface area contributed by atoms with E-state index in [4.69, 9.17) is 9.84 Å². The van der Waals surface area contributed by atoms with Crippen LogP contribution in [-0.4, -0.2) is 23.1 Å². The number of unbranched alkanes of at least 4 members (excludes halogenated alkanes) is 17. The van der Waals surface area contributed by atoms with Crippen molar-refractivity contribution in [2.45, 2.75) is 168 Å². The smallest absolute Gasteiger partial charge is 0.305 e. The molecule has 0 saturated carbocycles. The van der Waals surface area contributed by atoms with Gasteiger partial charge in [0.05, 0.1) is 0 Å². The maximum Gasteiger partial charge on any atom is 0.305 e. The number of carbonyl (C=O) groups excluding carboxylic acids is 1. The van der Waals surface area contributed by atoms with Gasteiger partial charge in [0.25, 0.3) is 0 Å². The zero-order valence-electron chi connectivity index (χ0n) is 21.5. The van der Waals surface area contributed by atoms with Crippen molar-refractivity contribution in [1.29, 1.82) is 0 Å². The van der Waals surface area contributed by atoms with Crippen LogP contribution in [0.4, 0.5) is 0 Å². The Morgan fingerprint density at radius 1 is 0.594 bits per heavy atom. The molecular weight excluding hydrogens is 400 g/mol. The highest BCUT2D eigenvalue weighted by molar-refractivity contribution is 5.69. The predicted octanol–water partition coefficient (Wildman–Crippen LogP) is 8.99. The zero-order valence-corrected chi connectivity index (χ0v) is 21.5. The molecule has 0 aromatic carbocycles. The van der Waals surface area contributed by atoms with E-state index in [1.54, 1.807) is 0 Å². The molecule has 0 spiro atoms. The fourth-order valence-corrected chi connectivity index (χ4v) is 4.28. The summed E-state index contributed by atoms with van der Waals surface area (Å²) >= 11 is 0. The van der Waals surface area contributed by atoms with Crippen LogP contribution >= 0.6 is 0 Å². The maximum atomic E-state index is 11.7. The van der Waals surface area contributed by atoms with Crippen LogP contribution in [0.5, 0.6) is 0 Å². The number of carboxylic acids is 1. The average molecular weight is 455 g/mol. The summed E-state index contributed by atoms with van der Waals surface area (Å²) in [6, 6.07) is 0. The minimum absolute atomic E-state index is 0.0683. The van der Waals surface area contributed by atoms with Gasteiger partial charge < -0.3 is 9.84 Å². The number of hydrogen-bond acceptors (Lipinski definition) is 3. The van der Waals surface area contributed by atoms with Crippen LogP contribution in [0.25, 0.3) is 0 Å². The van der Waals surface area contributed by atoms with Crippen molar-refractivity contribution in [3.05, 3.63) is 0 Å². The third-order valence-electron chi connectivity index (χ3n) is 6.38. The number of aliphatic carboxylic acids is 1. The summed E-state index contributed by atoms with van der Waals surface area (Å²) in [4.78, 5) is 22.3. The molecule has 4 nitrogen and oxygen atoms in total. The van der Waals surface area contributed by atoms with Crippen LogP contribution in [0, 0.1) is 0 Å². The van der Waals surface area contributed by atoms with E-state index in [2.05, 4.69) is 6.92 Å². The second-order valence-corrected chi connectivity index (χ2v) is 9.55. The van der Waals surface area contributed by atoms with Gasteiger partial charge in [0, 0.05) is 12.8 Å². The molecular formula is C28H54O4. The van der Waals surface area contributed by atoms with Crippen LogP contribution in [0.2, 0.25) is 0 Å². The lowest BCUT2D eigenvalue weighted by Gasteiger charge is -2.17. The number of hydrogen-bond donors (Lipinski definition) is 1. The van der Waals surface area contributed by atoms with Gasteiger partial charge in [0.15, 0.2) is 0 Å². The van der Waals surface area contributed by atoms with Gasteiger partial charge in [-0.05, 0) is 32.1 Å². The number of ether oxygens (including phenoxy) is 1. The molecule has 1 N–H and O–H groups in total. The van der Waals surface area contributed by atoms with Crippen LogP contribution in [0.1, 0.15) is 162 Å². The quantitative estimate of drug-likeness (QED) is 0.110. The summed E-state index contributed by atoms with van der Waals surface area (Å²) in [5.41, 5.74) is 0. The van der Waals surface area contributed by atoms with Gasteiger partial charge in [-0.15, -0.1) is 0 Å². The summed E-state index contributed by atoms with van der Waals surface area (Å²) in [5, 5.41) is 8.67. The topological polar surface area (TPSA) is 63.6 Å². The van der Waals surface area contributed by atoms with Crippen molar-refractivity contribution in [2.75, 3.05) is 0 Å². The van der Waals surface area contributed by atoms with Crippen molar-refractivity contribution in [3.63, 3.8) is 0 Å². The Morgan fingerprint density at radius 3 is 1.34 bits per heavy atom. The van der Waals surface area contributed by atoms with Crippen molar-refractivity contribution in [1.82, 2.24) is 0 Å². The second-order valence-electron chi connectivity index (χ2n) is 9.55. The Kier molecular flexibility index (Phi) is 23.8. The largest absolute Gasteiger partial charge is 0.481 e. The van der Waals surface area contributed by atoms with E-state index < -0.39 is 5.97 Å². The number of esters is 1. The Labute approximate surface area is 199 Å². The molecule has 190 valence electrons. The normalized spacial score (nSPS) is 12.1. The van der Waals surface area contributed by atoms with Gasteiger partial charge >= 0.3 is 11.9 Å². The Bertz CT molecular complexity index is 422. The second kappa shape index (κ2) is 24.6. The average Bonchev–Trinajstić information content (AvgIpc) is 2.77. The van der Waals surface area contributed by atoms with Crippen LogP contribution in [-0.2, 0) is 14.3 Å². The van der Waals surface area contributed by atoms with E-state index in [0.29, 0.717) is 6.42 Å². The molecule has 32 heavy (non-hydrogen) atoms. The molecule has 0 aliphatic heterocycles. The first-order valence-electron chi connectivity index (χ1n) is 14.0. The molecule has 0 radical (unpaired) electrons. The molecule has 1 atom stereocenters. The van der Waals surface area contributed by atoms with Gasteiger partial charge in [-0.1, -0.05) is 117 Å². The first-order chi connectivity index (χ1) is 15.6. The standard InChI is InChI=1S/C28H54O4/c1-3-5-6-7-8-9-10-11-12-13-14-15-17-20-23-26(32-28(31)4-2)24-21-18-16-19-22-25-27(29)30/h26H,3-25H2,1-2H3,(H,29,30). The lowest BCUT2D eigenvalue weighted by Crippen LogP contribution is -2.17. The minimum atomic E-state index is -0.704. The molecule has 1 unspecified atom stereocenters. The fourth-order valence-electron chi connectivity index (χ4n) is 4.28. The van der Waals surface area contributed by atoms with E-state index >= 15 is 0 Å². The molecule has 0 aromatic heterocycles. The summed E-state index contributed by atoms with van der Waals surface area (Å²) < 4.78 is 5.66. The van der Waals surface area contributed by atoms with Crippen molar-refractivity contribution < 1.29 is 19.4 Å². The van der Waals surface area contributed by atoms with Gasteiger partial charge in [0.2, 0.25) is 0 Å². The van der Waals surface area contributed by atoms with Crippen molar-refractivity contribution in [3.8, 4) is 0 Å². The lowest BCUT2D eigenvalue weighted by molar-refractivity contribution is -0.149. The number of carboxylic acid groups (broad SMARTS) is 1. The molecule has 0 heterocycles. The molecule has 0 amide bonds. The van der Waals surface area contributed by atoms with E-state index in [1.165, 1.54) is 83.5 Å². The lowest BCUT2D eigenvalue weighted by atomic mass is 10.0. The Hall–Kier alpha value is -1.06. The van der Waals surface area contributed by atoms with Gasteiger partial charge in [0.1, 0.15) is 6.10 Å². The molecule has 0 aliphatic rings. The third kappa shape index (κ3) is 23.6. The highest BCUT2D eigenvalue weighted by Crippen LogP contribution is 2.18. The summed E-state index contributed by atoms with van der Waals surface area (Å²) in [5.74, 6) is -0.786. The van der Waals surface area contributed by atoms with E-state index in [0.717, 1.165) is 51.4 Å². The van der Waals surface area contributed by atoms with Gasteiger partial charge in [-0.25, -0.2) is 0 Å². The fraction of sp³-hybridized carbons (Fsp3) is 0.929. The van der Waals surface area contributed by atoms with Crippen LogP contribution in [0.3, 0.4) is 0 Å². The molecule has 0 fully saturated rings. The minimum Gasteiger partial charge on any atom is -0.481 e. The summed E-state index contributed by atoms with van der Waals surface area (Å²) in [6.07, 6.45) is 26.7. The van der Waals surface area contributed by atoms with Crippen molar-refractivity contribution >= 4 is 11.9 Å². The van der Waals surface area contributed by atoms with E-state index in [1.807, 2.05) is 6.92 Å². The van der Waals surface area contributed by atoms with E-state index in [-0.39, 0.29) is 18.5 Å². The maximum absolute atomic E-state index is 11.7. The number of carbonyl (C=O) groups is 2. The first-order valence-corrected chi connectivity index (χ1v) is 14.0. The molecule has 0 bridgehead atoms. The van der Waals surface area contributed by atoms with Gasteiger partial charge in [-0.2, -0.15) is 0 Å². The van der Waals surface area contributed by atoms with Crippen LogP contribution in [0.15, 0.2) is 0 Å². The molecule has 0 saturated heterocycles. The number of rotatable bonds is 25. The first kappa shape index (κ1) is 30.9. The summed E-state index contributed by atoms with van der Waals surface area (Å²) in [6.45, 7) is 4.13. The molecule has 0 aliphatic carbocycles. The SMILES string of the molecule is CCCCCCCCCCCCCCCCC(CCCCCCCC(=O)O)OC(=O)CC. The third-order valence-corrected chi connectivity index (χ3v) is 6.38. The monoisotopic (exact) mass is 454 g/mol. The highest BCUT2D eigenvalue weighted by Gasteiger charge is 2.13. The highest BCUT2D eigenvalue weighted by atomic mass is 16.5. The van der Waals surface area contributed by atoms with Gasteiger partial charge in [-0.3, -0.25) is 9.59 Å². The predicted molar refractivity (Wildman–Crippen MR) is 135 cm³/mol. The molecule has 4 heteroatoms. The van der Waals surface area contributed by atoms with Crippen LogP contribution < -0.4 is 0 Å². The van der Waals surface area contributed by atoms with E-state index in [9.17, 15) is 9.59 Å². The summed E-state index contributed by atoms with van der Waals surface area (Å²) in [7, 11) is 0.